The molecule has 0 saturated heterocycles. The van der Waals surface area contributed by atoms with Gasteiger partial charge in [0.05, 0.1) is 38.1 Å². The van der Waals surface area contributed by atoms with Crippen molar-refractivity contribution in [3.63, 3.8) is 0 Å². The predicted octanol–water partition coefficient (Wildman–Crippen LogP) is 4.44. The van der Waals surface area contributed by atoms with Crippen LogP contribution in [0.1, 0.15) is 32.4 Å². The number of nitrogens with zero attached hydrogens (tertiary/aromatic N) is 1. The van der Waals surface area contributed by atoms with Crippen LogP contribution in [0.2, 0.25) is 0 Å². The van der Waals surface area contributed by atoms with Crippen LogP contribution in [0, 0.1) is 0 Å². The van der Waals surface area contributed by atoms with Gasteiger partial charge < -0.3 is 35.1 Å². The van der Waals surface area contributed by atoms with E-state index in [1.807, 2.05) is 24.8 Å². The number of hydrogen-bond acceptors (Lipinski definition) is 6. The molecule has 0 fully saturated rings. The van der Waals surface area contributed by atoms with Gasteiger partial charge in [0, 0.05) is 24.0 Å². The number of urea groups is 1. The zero-order valence-corrected chi connectivity index (χ0v) is 21.2. The van der Waals surface area contributed by atoms with Crippen molar-refractivity contribution in [2.24, 2.45) is 0 Å². The number of nitrogens with one attached hydrogen (secondary N) is 3. The van der Waals surface area contributed by atoms with Crippen LogP contribution in [-0.2, 0) is 9.53 Å². The summed E-state index contributed by atoms with van der Waals surface area (Å²) in [5.41, 5.74) is 3.00. The van der Waals surface area contributed by atoms with Gasteiger partial charge in [-0.15, -0.1) is 0 Å². The molecule has 0 aliphatic carbocycles. The lowest BCUT2D eigenvalue weighted by atomic mass is 9.94. The molecule has 0 radical (unpaired) electrons. The highest BCUT2D eigenvalue weighted by molar-refractivity contribution is 7.80. The molecule has 1 aliphatic rings. The van der Waals surface area contributed by atoms with Crippen molar-refractivity contribution < 1.29 is 23.8 Å². The summed E-state index contributed by atoms with van der Waals surface area (Å²) in [6.45, 7) is 6.46. The van der Waals surface area contributed by atoms with Gasteiger partial charge in [0.25, 0.3) is 0 Å². The summed E-state index contributed by atoms with van der Waals surface area (Å²) in [5, 5.41) is 9.36. The number of carbonyl (C=O) groups excluding carboxylic acids is 2. The van der Waals surface area contributed by atoms with Crippen LogP contribution in [0.3, 0.4) is 0 Å². The molecular formula is C25H30N4O5S. The van der Waals surface area contributed by atoms with Crippen LogP contribution in [0.25, 0.3) is 0 Å². The quantitative estimate of drug-likeness (QED) is 0.363. The highest BCUT2D eigenvalue weighted by Gasteiger charge is 2.34. The second-order valence-electron chi connectivity index (χ2n) is 7.62. The Morgan fingerprint density at radius 3 is 2.51 bits per heavy atom. The van der Waals surface area contributed by atoms with E-state index in [9.17, 15) is 9.59 Å². The molecule has 1 atom stereocenters. The lowest BCUT2D eigenvalue weighted by Gasteiger charge is -2.37. The molecule has 186 valence electrons. The minimum absolute atomic E-state index is 0.259. The molecule has 0 aromatic heterocycles. The largest absolute Gasteiger partial charge is 0.497 e. The maximum Gasteiger partial charge on any atom is 0.338 e. The number of esters is 1. The molecule has 35 heavy (non-hydrogen) atoms. The molecule has 0 bridgehead atoms. The van der Waals surface area contributed by atoms with Crippen molar-refractivity contribution in [1.82, 2.24) is 10.2 Å². The third kappa shape index (κ3) is 5.83. The Morgan fingerprint density at radius 1 is 1.09 bits per heavy atom. The molecule has 0 spiro atoms. The predicted molar refractivity (Wildman–Crippen MR) is 139 cm³/mol. The van der Waals surface area contributed by atoms with Gasteiger partial charge >= 0.3 is 12.0 Å². The molecule has 2 aromatic carbocycles. The lowest BCUT2D eigenvalue weighted by molar-refractivity contribution is -0.139. The van der Waals surface area contributed by atoms with E-state index >= 15 is 0 Å². The van der Waals surface area contributed by atoms with Crippen LogP contribution in [0.15, 0.2) is 53.7 Å². The normalized spacial score (nSPS) is 15.3. The highest BCUT2D eigenvalue weighted by Crippen LogP contribution is 2.33. The maximum atomic E-state index is 12.8. The molecule has 1 unspecified atom stereocenters. The summed E-state index contributed by atoms with van der Waals surface area (Å²) >= 11 is 5.53. The van der Waals surface area contributed by atoms with E-state index in [4.69, 9.17) is 26.4 Å². The first-order valence-electron chi connectivity index (χ1n) is 11.2. The number of thiocarbonyl (C=S) groups is 1. The lowest BCUT2D eigenvalue weighted by Crippen LogP contribution is -2.47. The van der Waals surface area contributed by atoms with E-state index in [0.29, 0.717) is 40.1 Å². The summed E-state index contributed by atoms with van der Waals surface area (Å²) in [6, 6.07) is 11.3. The Bertz CT molecular complexity index is 1150. The van der Waals surface area contributed by atoms with Crippen molar-refractivity contribution in [3.05, 3.63) is 59.3 Å². The van der Waals surface area contributed by atoms with Gasteiger partial charge in [0.1, 0.15) is 11.5 Å². The molecule has 3 N–H and O–H groups in total. The van der Waals surface area contributed by atoms with Gasteiger partial charge in [0.2, 0.25) is 0 Å². The van der Waals surface area contributed by atoms with E-state index in [0.717, 1.165) is 11.3 Å². The van der Waals surface area contributed by atoms with Crippen LogP contribution in [-0.4, -0.2) is 49.4 Å². The number of methoxy groups -OCH3 is 2. The van der Waals surface area contributed by atoms with Crippen LogP contribution in [0.4, 0.5) is 16.2 Å². The zero-order valence-electron chi connectivity index (χ0n) is 20.4. The molecule has 0 saturated carbocycles. The second kappa shape index (κ2) is 11.6. The average Bonchev–Trinajstić information content (AvgIpc) is 2.84. The third-order valence-corrected chi connectivity index (χ3v) is 5.88. The number of ether oxygens (including phenoxy) is 3. The van der Waals surface area contributed by atoms with E-state index in [1.54, 1.807) is 50.4 Å². The van der Waals surface area contributed by atoms with Crippen LogP contribution >= 0.6 is 12.2 Å². The minimum atomic E-state index is -0.518. The van der Waals surface area contributed by atoms with Gasteiger partial charge in [-0.1, -0.05) is 12.1 Å². The Kier molecular flexibility index (Phi) is 8.53. The number of amides is 2. The van der Waals surface area contributed by atoms with Crippen molar-refractivity contribution in [2.45, 2.75) is 26.8 Å². The van der Waals surface area contributed by atoms with Gasteiger partial charge in [-0.25, -0.2) is 9.59 Å². The summed E-state index contributed by atoms with van der Waals surface area (Å²) in [7, 11) is 3.07. The standard InChI is InChI=1S/C25H30N4O5S/c1-6-29-15(3)21(23(30)34-7-2)22(28-25(29)35)16-9-8-10-17(13-16)26-24(31)27-19-12-11-18(32-4)14-20(19)33-5/h8-14,22H,6-7H2,1-5H3,(H,28,35)(H2,26,27,31). The Hall–Kier alpha value is -3.79. The molecular weight excluding hydrogens is 468 g/mol. The second-order valence-corrected chi connectivity index (χ2v) is 8.00. The van der Waals surface area contributed by atoms with E-state index in [-0.39, 0.29) is 6.61 Å². The van der Waals surface area contributed by atoms with Crippen LogP contribution < -0.4 is 25.4 Å². The zero-order chi connectivity index (χ0) is 25.5. The molecule has 2 amide bonds. The highest BCUT2D eigenvalue weighted by atomic mass is 32.1. The van der Waals surface area contributed by atoms with Gasteiger partial charge in [-0.2, -0.15) is 0 Å². The molecule has 10 heteroatoms. The summed E-state index contributed by atoms with van der Waals surface area (Å²) in [5.74, 6) is 0.667. The molecule has 2 aromatic rings. The van der Waals surface area contributed by atoms with Crippen LogP contribution in [0.5, 0.6) is 11.5 Å². The average molecular weight is 499 g/mol. The van der Waals surface area contributed by atoms with Crippen molar-refractivity contribution in [1.29, 1.82) is 0 Å². The molecule has 1 heterocycles. The summed E-state index contributed by atoms with van der Waals surface area (Å²) in [6.07, 6.45) is 0. The topological polar surface area (TPSA) is 101 Å². The summed E-state index contributed by atoms with van der Waals surface area (Å²) in [4.78, 5) is 27.4. The summed E-state index contributed by atoms with van der Waals surface area (Å²) < 4.78 is 15.8. The third-order valence-electron chi connectivity index (χ3n) is 5.54. The molecule has 1 aliphatic heterocycles. The first kappa shape index (κ1) is 25.8. The number of carbonyl (C=O) groups is 2. The van der Waals surface area contributed by atoms with Crippen molar-refractivity contribution >= 4 is 40.7 Å². The van der Waals surface area contributed by atoms with Gasteiger partial charge in [-0.05, 0) is 62.8 Å². The van der Waals surface area contributed by atoms with E-state index in [2.05, 4.69) is 16.0 Å². The number of anilines is 2. The minimum Gasteiger partial charge on any atom is -0.497 e. The first-order chi connectivity index (χ1) is 16.8. The fourth-order valence-corrected chi connectivity index (χ4v) is 4.25. The fraction of sp³-hybridized carbons (Fsp3) is 0.320. The Labute approximate surface area is 210 Å². The smallest absolute Gasteiger partial charge is 0.338 e. The monoisotopic (exact) mass is 498 g/mol. The Balaban J connectivity index is 1.85. The number of rotatable bonds is 8. The SMILES string of the molecule is CCOC(=O)C1=C(C)N(CC)C(=S)NC1c1cccc(NC(=O)Nc2ccc(OC)cc2OC)c1. The van der Waals surface area contributed by atoms with Crippen molar-refractivity contribution in [3.8, 4) is 11.5 Å². The molecule has 9 nitrogen and oxygen atoms in total. The van der Waals surface area contributed by atoms with Crippen molar-refractivity contribution in [2.75, 3.05) is 38.0 Å². The van der Waals surface area contributed by atoms with Gasteiger partial charge in [0.15, 0.2) is 5.11 Å². The number of hydrogen-bond donors (Lipinski definition) is 3. The maximum absolute atomic E-state index is 12.8. The first-order valence-corrected chi connectivity index (χ1v) is 11.6. The molecule has 3 rings (SSSR count). The Morgan fingerprint density at radius 2 is 1.86 bits per heavy atom. The van der Waals surface area contributed by atoms with E-state index < -0.39 is 18.0 Å². The number of benzene rings is 2. The van der Waals surface area contributed by atoms with E-state index in [1.165, 1.54) is 7.11 Å². The number of allylic oxidation sites excluding steroid dienone is 1. The van der Waals surface area contributed by atoms with Gasteiger partial charge in [-0.3, -0.25) is 0 Å². The fourth-order valence-electron chi connectivity index (χ4n) is 3.87.